The van der Waals surface area contributed by atoms with Crippen LogP contribution in [0.1, 0.15) is 12.8 Å². The molecule has 5 aromatic rings. The van der Waals surface area contributed by atoms with Gasteiger partial charge in [0.05, 0.1) is 28.8 Å². The second-order valence-corrected chi connectivity index (χ2v) is 12.1. The summed E-state index contributed by atoms with van der Waals surface area (Å²) in [5, 5.41) is 3.95. The Morgan fingerprint density at radius 2 is 2.07 bits per heavy atom. The van der Waals surface area contributed by atoms with E-state index in [4.69, 9.17) is 14.9 Å². The van der Waals surface area contributed by atoms with Gasteiger partial charge in [-0.1, -0.05) is 17.9 Å². The van der Waals surface area contributed by atoms with Crippen LogP contribution in [-0.4, -0.2) is 76.0 Å². The zero-order valence-electron chi connectivity index (χ0n) is 23.8. The minimum absolute atomic E-state index is 0.0264. The molecule has 2 aromatic carbocycles. The van der Waals surface area contributed by atoms with Crippen LogP contribution in [0.15, 0.2) is 53.9 Å². The van der Waals surface area contributed by atoms with Gasteiger partial charge in [0.25, 0.3) is 0 Å². The number of benzene rings is 2. The summed E-state index contributed by atoms with van der Waals surface area (Å²) in [5.41, 5.74) is 7.86. The number of ether oxygens (including phenoxy) is 1. The number of likely N-dealkylation sites (N-methyl/N-ethyl adjacent to an activating group) is 1. The molecule has 1 atom stereocenters. The van der Waals surface area contributed by atoms with Crippen molar-refractivity contribution < 1.29 is 22.7 Å². The van der Waals surface area contributed by atoms with Crippen LogP contribution in [0, 0.1) is 11.6 Å². The highest BCUT2D eigenvalue weighted by atomic mass is 32.1. The fourth-order valence-corrected chi connectivity index (χ4v) is 6.68. The van der Waals surface area contributed by atoms with Crippen molar-refractivity contribution in [2.75, 3.05) is 44.3 Å². The molecule has 0 spiro atoms. The zero-order valence-corrected chi connectivity index (χ0v) is 24.7. The first-order valence-corrected chi connectivity index (χ1v) is 15.0. The van der Waals surface area contributed by atoms with E-state index in [-0.39, 0.29) is 50.4 Å². The van der Waals surface area contributed by atoms with Crippen LogP contribution in [0.4, 0.5) is 19.7 Å². The predicted molar refractivity (Wildman–Crippen MR) is 166 cm³/mol. The number of aromatic nitrogens is 3. The SMILES string of the molecule is C=CC(=O)N1CC(Nc2nc(OC[C@@H]3CCCN3C)nc3c(F)c(-c4ccc(F)c5sc(N)nc45)c(-c4ccoc4)cc23)C1. The molecule has 3 aromatic heterocycles. The summed E-state index contributed by atoms with van der Waals surface area (Å²) in [6, 6.07) is 6.38. The third kappa shape index (κ3) is 4.91. The van der Waals surface area contributed by atoms with Crippen LogP contribution in [0.2, 0.25) is 0 Å². The number of fused-ring (bicyclic) bond motifs is 2. The lowest BCUT2D eigenvalue weighted by molar-refractivity contribution is -0.129. The van der Waals surface area contributed by atoms with Crippen LogP contribution >= 0.6 is 11.3 Å². The molecule has 0 radical (unpaired) electrons. The van der Waals surface area contributed by atoms with E-state index < -0.39 is 11.6 Å². The van der Waals surface area contributed by atoms with Crippen molar-refractivity contribution in [2.24, 2.45) is 0 Å². The molecule has 226 valence electrons. The summed E-state index contributed by atoms with van der Waals surface area (Å²) in [4.78, 5) is 29.5. The Morgan fingerprint density at radius 1 is 1.23 bits per heavy atom. The number of nitrogens with one attached hydrogen (secondary N) is 1. The van der Waals surface area contributed by atoms with E-state index in [0.29, 0.717) is 47.6 Å². The smallest absolute Gasteiger partial charge is 0.319 e. The molecule has 1 amide bonds. The molecule has 2 saturated heterocycles. The second-order valence-electron chi connectivity index (χ2n) is 11.1. The summed E-state index contributed by atoms with van der Waals surface area (Å²) in [5.74, 6) is -0.928. The summed E-state index contributed by atoms with van der Waals surface area (Å²) in [7, 11) is 2.04. The molecule has 0 saturated carbocycles. The molecule has 0 unspecified atom stereocenters. The highest BCUT2D eigenvalue weighted by Gasteiger charge is 2.31. The number of hydrogen-bond acceptors (Lipinski definition) is 10. The lowest BCUT2D eigenvalue weighted by Gasteiger charge is -2.39. The Kier molecular flexibility index (Phi) is 7.13. The highest BCUT2D eigenvalue weighted by molar-refractivity contribution is 7.22. The number of amides is 1. The van der Waals surface area contributed by atoms with Gasteiger partial charge in [0.1, 0.15) is 23.8 Å². The molecule has 2 aliphatic rings. The number of nitrogen functional groups attached to an aromatic ring is 1. The van der Waals surface area contributed by atoms with Crippen LogP contribution in [0.3, 0.4) is 0 Å². The van der Waals surface area contributed by atoms with Crippen molar-refractivity contribution in [3.63, 3.8) is 0 Å². The molecule has 2 aliphatic heterocycles. The number of anilines is 2. The minimum Gasteiger partial charge on any atom is -0.472 e. The van der Waals surface area contributed by atoms with E-state index in [1.807, 2.05) is 7.05 Å². The monoisotopic (exact) mass is 617 g/mol. The maximum atomic E-state index is 17.0. The average molecular weight is 618 g/mol. The Morgan fingerprint density at radius 3 is 2.80 bits per heavy atom. The third-order valence-corrected chi connectivity index (χ3v) is 9.20. The summed E-state index contributed by atoms with van der Waals surface area (Å²) in [6.07, 6.45) is 6.33. The molecule has 2 fully saturated rings. The van der Waals surface area contributed by atoms with Gasteiger partial charge in [-0.2, -0.15) is 9.97 Å². The minimum atomic E-state index is -0.650. The number of carbonyl (C=O) groups excluding carboxylic acids is 1. The number of hydrogen-bond donors (Lipinski definition) is 2. The summed E-state index contributed by atoms with van der Waals surface area (Å²) in [6.45, 7) is 5.76. The van der Waals surface area contributed by atoms with Gasteiger partial charge in [-0.25, -0.2) is 13.8 Å². The van der Waals surface area contributed by atoms with Gasteiger partial charge < -0.3 is 30.0 Å². The lowest BCUT2D eigenvalue weighted by Crippen LogP contribution is -2.56. The van der Waals surface area contributed by atoms with Gasteiger partial charge in [-0.3, -0.25) is 4.79 Å². The molecular weight excluding hydrogens is 588 g/mol. The second kappa shape index (κ2) is 11.1. The van der Waals surface area contributed by atoms with Crippen LogP contribution in [0.5, 0.6) is 6.01 Å². The number of furan rings is 1. The molecule has 13 heteroatoms. The fraction of sp³-hybridized carbons (Fsp3) is 0.290. The molecule has 0 bridgehead atoms. The molecule has 5 heterocycles. The highest BCUT2D eigenvalue weighted by Crippen LogP contribution is 2.44. The van der Waals surface area contributed by atoms with Crippen molar-refractivity contribution in [1.29, 1.82) is 0 Å². The molecule has 10 nitrogen and oxygen atoms in total. The van der Waals surface area contributed by atoms with E-state index in [2.05, 4.69) is 31.7 Å². The fourth-order valence-electron chi connectivity index (χ4n) is 5.92. The Labute approximate surface area is 255 Å². The average Bonchev–Trinajstić information content (AvgIpc) is 3.76. The molecule has 44 heavy (non-hydrogen) atoms. The topological polar surface area (TPSA) is 123 Å². The normalized spacial score (nSPS) is 17.3. The van der Waals surface area contributed by atoms with Crippen molar-refractivity contribution in [3.8, 4) is 28.3 Å². The maximum absolute atomic E-state index is 17.0. The Bertz CT molecular complexity index is 1910. The lowest BCUT2D eigenvalue weighted by atomic mass is 9.92. The third-order valence-electron chi connectivity index (χ3n) is 8.31. The zero-order chi connectivity index (χ0) is 30.5. The number of nitrogens with two attached hydrogens (primary N) is 1. The first kappa shape index (κ1) is 28.2. The largest absolute Gasteiger partial charge is 0.472 e. The van der Waals surface area contributed by atoms with Crippen molar-refractivity contribution in [2.45, 2.75) is 24.9 Å². The van der Waals surface area contributed by atoms with Crippen molar-refractivity contribution >= 4 is 49.3 Å². The number of halogens is 2. The van der Waals surface area contributed by atoms with Crippen LogP contribution in [0.25, 0.3) is 43.4 Å². The van der Waals surface area contributed by atoms with Gasteiger partial charge in [-0.05, 0) is 62.3 Å². The Hall–Kier alpha value is -4.62. The van der Waals surface area contributed by atoms with Gasteiger partial charge in [0.15, 0.2) is 10.9 Å². The number of carbonyl (C=O) groups is 1. The van der Waals surface area contributed by atoms with Gasteiger partial charge in [0, 0.05) is 41.2 Å². The predicted octanol–water partition coefficient (Wildman–Crippen LogP) is 5.31. The van der Waals surface area contributed by atoms with E-state index in [9.17, 15) is 9.18 Å². The number of nitrogens with zero attached hydrogens (tertiary/aromatic N) is 5. The molecular formula is C31H29F2N7O3S. The summed E-state index contributed by atoms with van der Waals surface area (Å²) >= 11 is 1.00. The molecule has 7 rings (SSSR count). The van der Waals surface area contributed by atoms with Gasteiger partial charge >= 0.3 is 6.01 Å². The maximum Gasteiger partial charge on any atom is 0.319 e. The first-order chi connectivity index (χ1) is 21.3. The first-order valence-electron chi connectivity index (χ1n) is 14.2. The van der Waals surface area contributed by atoms with E-state index in [1.54, 1.807) is 17.0 Å². The number of likely N-dealkylation sites (tertiary alicyclic amines) is 2. The van der Waals surface area contributed by atoms with Gasteiger partial charge in [0.2, 0.25) is 5.91 Å². The van der Waals surface area contributed by atoms with Gasteiger partial charge in [-0.15, -0.1) is 0 Å². The van der Waals surface area contributed by atoms with Crippen molar-refractivity contribution in [3.05, 3.63) is 61.1 Å². The molecule has 3 N–H and O–H groups in total. The number of thiazole rings is 1. The van der Waals surface area contributed by atoms with Crippen LogP contribution < -0.4 is 15.8 Å². The molecule has 0 aliphatic carbocycles. The van der Waals surface area contributed by atoms with E-state index in [1.165, 1.54) is 30.7 Å². The van der Waals surface area contributed by atoms with Crippen LogP contribution in [-0.2, 0) is 4.79 Å². The summed E-state index contributed by atoms with van der Waals surface area (Å²) < 4.78 is 43.5. The van der Waals surface area contributed by atoms with E-state index >= 15 is 4.39 Å². The van der Waals surface area contributed by atoms with Crippen molar-refractivity contribution in [1.82, 2.24) is 24.8 Å². The number of rotatable bonds is 8. The van der Waals surface area contributed by atoms with E-state index in [0.717, 1.165) is 30.7 Å². The Balaban J connectivity index is 1.39. The quantitative estimate of drug-likeness (QED) is 0.223. The standard InChI is InChI=1S/C31H29F2N7O3S/c1-3-23(41)40-12-17(13-40)35-29-21-11-20(16-8-10-42-14-16)24(19-6-7-22(32)28-27(19)36-30(34)44-28)25(33)26(21)37-31(38-29)43-15-18-5-4-9-39(18)2/h3,6-8,10-11,14,17-18H,1,4-5,9,12-13,15H2,2H3,(H2,34,36)(H,35,37,38)/t18-/m0/s1.